The number of carbonyl (C=O) groups excluding carboxylic acids is 2. The summed E-state index contributed by atoms with van der Waals surface area (Å²) in [4.78, 5) is 25.4. The first kappa shape index (κ1) is 15.9. The van der Waals surface area contributed by atoms with Crippen LogP contribution in [0.1, 0.15) is 6.42 Å². The van der Waals surface area contributed by atoms with Crippen LogP contribution in [0.4, 0.5) is 20.2 Å². The lowest BCUT2D eigenvalue weighted by Gasteiger charge is -2.29. The molecule has 0 spiro atoms. The minimum absolute atomic E-state index is 0.0157. The minimum atomic E-state index is -0.775. The van der Waals surface area contributed by atoms with Gasteiger partial charge in [0.15, 0.2) is 6.61 Å². The number of halogens is 2. The van der Waals surface area contributed by atoms with E-state index in [0.29, 0.717) is 11.4 Å². The van der Waals surface area contributed by atoms with Gasteiger partial charge < -0.3 is 15.0 Å². The Morgan fingerprint density at radius 3 is 2.62 bits per heavy atom. The lowest BCUT2D eigenvalue weighted by Crippen LogP contribution is -2.40. The van der Waals surface area contributed by atoms with E-state index in [4.69, 9.17) is 4.74 Å². The number of anilines is 2. The zero-order chi connectivity index (χ0) is 17.1. The van der Waals surface area contributed by atoms with Crippen LogP contribution in [0.25, 0.3) is 0 Å². The van der Waals surface area contributed by atoms with E-state index >= 15 is 0 Å². The Balaban J connectivity index is 1.65. The van der Waals surface area contributed by atoms with Gasteiger partial charge in [0, 0.05) is 24.7 Å². The number of hydrogen-bond acceptors (Lipinski definition) is 3. The molecule has 2 aromatic carbocycles. The number of hydrogen-bond donors (Lipinski definition) is 1. The number of ether oxygens (including phenoxy) is 1. The second kappa shape index (κ2) is 6.66. The summed E-state index contributed by atoms with van der Waals surface area (Å²) in [5.74, 6) is -1.68. The number of benzene rings is 2. The summed E-state index contributed by atoms with van der Waals surface area (Å²) in [6.45, 7) is 0.0522. The lowest BCUT2D eigenvalue weighted by atomic mass is 10.2. The highest BCUT2D eigenvalue weighted by Gasteiger charge is 2.25. The monoisotopic (exact) mass is 332 g/mol. The molecule has 24 heavy (non-hydrogen) atoms. The van der Waals surface area contributed by atoms with E-state index in [1.807, 2.05) is 0 Å². The second-order valence-corrected chi connectivity index (χ2v) is 5.26. The Morgan fingerprint density at radius 1 is 1.17 bits per heavy atom. The third-order valence-electron chi connectivity index (χ3n) is 3.52. The molecule has 0 saturated carbocycles. The van der Waals surface area contributed by atoms with Crippen LogP contribution in [0.5, 0.6) is 5.75 Å². The highest BCUT2D eigenvalue weighted by Crippen LogP contribution is 2.31. The van der Waals surface area contributed by atoms with Crippen molar-refractivity contribution < 1.29 is 23.1 Å². The van der Waals surface area contributed by atoms with E-state index in [1.165, 1.54) is 4.90 Å². The fourth-order valence-electron chi connectivity index (χ4n) is 2.46. The molecule has 0 atom stereocenters. The highest BCUT2D eigenvalue weighted by atomic mass is 19.1. The fraction of sp³-hybridized carbons (Fsp3) is 0.176. The fourth-order valence-corrected chi connectivity index (χ4v) is 2.46. The smallest absolute Gasteiger partial charge is 0.265 e. The van der Waals surface area contributed by atoms with Gasteiger partial charge in [0.05, 0.1) is 5.69 Å². The van der Waals surface area contributed by atoms with Crippen molar-refractivity contribution in [3.8, 4) is 5.75 Å². The molecule has 0 saturated heterocycles. The van der Waals surface area contributed by atoms with Crippen LogP contribution in [0.3, 0.4) is 0 Å². The number of carbonyl (C=O) groups is 2. The Hall–Kier alpha value is -2.96. The summed E-state index contributed by atoms with van der Waals surface area (Å²) in [5.41, 5.74) is 0.629. The average molecular weight is 332 g/mol. The highest BCUT2D eigenvalue weighted by molar-refractivity contribution is 5.99. The Kier molecular flexibility index (Phi) is 4.41. The minimum Gasteiger partial charge on any atom is -0.482 e. The van der Waals surface area contributed by atoms with Crippen molar-refractivity contribution in [2.24, 2.45) is 0 Å². The standard InChI is InChI=1S/C17H14F2N2O3/c18-11-7-12(19)9-13(8-11)20-16(22)5-6-21-14-3-1-2-4-15(14)24-10-17(21)23/h1-4,7-9H,5-6,10H2,(H,20,22). The van der Waals surface area contributed by atoms with Crippen LogP contribution < -0.4 is 15.0 Å². The van der Waals surface area contributed by atoms with E-state index in [0.717, 1.165) is 18.2 Å². The number of amides is 2. The summed E-state index contributed by atoms with van der Waals surface area (Å²) < 4.78 is 31.5. The van der Waals surface area contributed by atoms with Crippen molar-refractivity contribution in [2.45, 2.75) is 6.42 Å². The van der Waals surface area contributed by atoms with Gasteiger partial charge in [0.1, 0.15) is 17.4 Å². The maximum Gasteiger partial charge on any atom is 0.265 e. The maximum atomic E-state index is 13.1. The molecular weight excluding hydrogens is 318 g/mol. The van der Waals surface area contributed by atoms with Gasteiger partial charge in [-0.15, -0.1) is 0 Å². The molecular formula is C17H14F2N2O3. The molecule has 0 bridgehead atoms. The molecule has 7 heteroatoms. The van der Waals surface area contributed by atoms with E-state index in [-0.39, 0.29) is 31.2 Å². The van der Waals surface area contributed by atoms with Crippen molar-refractivity contribution in [1.82, 2.24) is 0 Å². The number of nitrogens with one attached hydrogen (secondary N) is 1. The number of fused-ring (bicyclic) bond motifs is 1. The van der Waals surface area contributed by atoms with Crippen LogP contribution in [-0.2, 0) is 9.59 Å². The molecule has 2 amide bonds. The van der Waals surface area contributed by atoms with Crippen LogP contribution in [0, 0.1) is 11.6 Å². The summed E-state index contributed by atoms with van der Waals surface area (Å²) in [7, 11) is 0. The molecule has 0 aliphatic carbocycles. The van der Waals surface area contributed by atoms with Gasteiger partial charge in [-0.25, -0.2) is 8.78 Å². The van der Waals surface area contributed by atoms with Crippen LogP contribution in [0.2, 0.25) is 0 Å². The second-order valence-electron chi connectivity index (χ2n) is 5.26. The van der Waals surface area contributed by atoms with Gasteiger partial charge in [-0.3, -0.25) is 9.59 Å². The molecule has 0 radical (unpaired) electrons. The number of rotatable bonds is 4. The van der Waals surface area contributed by atoms with E-state index < -0.39 is 17.5 Å². The van der Waals surface area contributed by atoms with Gasteiger partial charge >= 0.3 is 0 Å². The third kappa shape index (κ3) is 3.51. The van der Waals surface area contributed by atoms with Gasteiger partial charge in [0.25, 0.3) is 5.91 Å². The molecule has 3 rings (SSSR count). The molecule has 124 valence electrons. The van der Waals surface area contributed by atoms with Crippen LogP contribution in [0.15, 0.2) is 42.5 Å². The zero-order valence-electron chi connectivity index (χ0n) is 12.6. The SMILES string of the molecule is O=C(CCN1C(=O)COc2ccccc21)Nc1cc(F)cc(F)c1. The van der Waals surface area contributed by atoms with Gasteiger partial charge in [0.2, 0.25) is 5.91 Å². The maximum absolute atomic E-state index is 13.1. The van der Waals surface area contributed by atoms with Gasteiger partial charge in [-0.1, -0.05) is 12.1 Å². The molecule has 1 aliphatic rings. The topological polar surface area (TPSA) is 58.6 Å². The first-order valence-electron chi connectivity index (χ1n) is 7.31. The van der Waals surface area contributed by atoms with Crippen molar-refractivity contribution in [3.05, 3.63) is 54.1 Å². The van der Waals surface area contributed by atoms with Gasteiger partial charge in [-0.05, 0) is 24.3 Å². The van der Waals surface area contributed by atoms with Crippen LogP contribution in [-0.4, -0.2) is 25.0 Å². The summed E-state index contributed by atoms with van der Waals surface area (Å²) in [6.07, 6.45) is -0.0157. The predicted octanol–water partition coefficient (Wildman–Crippen LogP) is 2.72. The van der Waals surface area contributed by atoms with Crippen molar-refractivity contribution in [3.63, 3.8) is 0 Å². The van der Waals surface area contributed by atoms with Crippen LogP contribution >= 0.6 is 0 Å². The van der Waals surface area contributed by atoms with Crippen molar-refractivity contribution in [2.75, 3.05) is 23.4 Å². The molecule has 1 aliphatic heterocycles. The zero-order valence-corrected chi connectivity index (χ0v) is 12.6. The summed E-state index contributed by atoms with van der Waals surface area (Å²) in [6, 6.07) is 9.79. The van der Waals surface area contributed by atoms with E-state index in [1.54, 1.807) is 24.3 Å². The van der Waals surface area contributed by atoms with E-state index in [9.17, 15) is 18.4 Å². The molecule has 5 nitrogen and oxygen atoms in total. The largest absolute Gasteiger partial charge is 0.482 e. The molecule has 0 aromatic heterocycles. The van der Waals surface area contributed by atoms with Gasteiger partial charge in [-0.2, -0.15) is 0 Å². The Morgan fingerprint density at radius 2 is 1.88 bits per heavy atom. The first-order chi connectivity index (χ1) is 11.5. The van der Waals surface area contributed by atoms with Crippen molar-refractivity contribution in [1.29, 1.82) is 0 Å². The van der Waals surface area contributed by atoms with Crippen molar-refractivity contribution >= 4 is 23.2 Å². The molecule has 2 aromatic rings. The average Bonchev–Trinajstić information content (AvgIpc) is 2.53. The first-order valence-corrected chi connectivity index (χ1v) is 7.31. The lowest BCUT2D eigenvalue weighted by molar-refractivity contribution is -0.121. The molecule has 0 unspecified atom stereocenters. The molecule has 1 heterocycles. The predicted molar refractivity (Wildman–Crippen MR) is 83.9 cm³/mol. The Labute approximate surface area is 136 Å². The quantitative estimate of drug-likeness (QED) is 0.936. The molecule has 1 N–H and O–H groups in total. The Bertz CT molecular complexity index is 775. The molecule has 0 fully saturated rings. The third-order valence-corrected chi connectivity index (χ3v) is 3.52. The normalized spacial score (nSPS) is 13.2. The summed E-state index contributed by atoms with van der Waals surface area (Å²) in [5, 5.41) is 2.41. The summed E-state index contributed by atoms with van der Waals surface area (Å²) >= 11 is 0. The number of para-hydroxylation sites is 2. The van der Waals surface area contributed by atoms with E-state index in [2.05, 4.69) is 5.32 Å². The number of nitrogens with zero attached hydrogens (tertiary/aromatic N) is 1.